The highest BCUT2D eigenvalue weighted by Crippen LogP contribution is 2.11. The molecule has 2 rings (SSSR count). The van der Waals surface area contributed by atoms with E-state index < -0.39 is 0 Å². The van der Waals surface area contributed by atoms with E-state index >= 15 is 0 Å². The summed E-state index contributed by atoms with van der Waals surface area (Å²) < 4.78 is 1.14. The molecular weight excluding hydrogens is 252 g/mol. The van der Waals surface area contributed by atoms with Crippen LogP contribution in [0.4, 0.5) is 0 Å². The zero-order chi connectivity index (χ0) is 10.5. The minimum absolute atomic E-state index is 0.641. The second-order valence-electron chi connectivity index (χ2n) is 4.05. The highest BCUT2D eigenvalue weighted by Gasteiger charge is 2.11. The summed E-state index contributed by atoms with van der Waals surface area (Å²) in [7, 11) is 0. The summed E-state index contributed by atoms with van der Waals surface area (Å²) in [5.41, 5.74) is 1.35. The monoisotopic (exact) mass is 268 g/mol. The van der Waals surface area contributed by atoms with Crippen molar-refractivity contribution in [2.45, 2.75) is 25.4 Å². The molecule has 1 fully saturated rings. The van der Waals surface area contributed by atoms with Crippen molar-refractivity contribution in [1.82, 2.24) is 10.6 Å². The standard InChI is InChI=1S/C12H17BrN2/c13-11-5-3-10(4-6-11)8-15-12-2-1-7-14-9-12/h3-6,12,14-15H,1-2,7-9H2. The van der Waals surface area contributed by atoms with Crippen molar-refractivity contribution >= 4 is 15.9 Å². The summed E-state index contributed by atoms with van der Waals surface area (Å²) in [5.74, 6) is 0. The van der Waals surface area contributed by atoms with Gasteiger partial charge in [-0.25, -0.2) is 0 Å². The summed E-state index contributed by atoms with van der Waals surface area (Å²) in [5, 5.41) is 6.99. The Balaban J connectivity index is 1.79. The van der Waals surface area contributed by atoms with Crippen molar-refractivity contribution in [2.75, 3.05) is 13.1 Å². The lowest BCUT2D eigenvalue weighted by molar-refractivity contribution is 0.389. The Labute approximate surface area is 99.6 Å². The first-order chi connectivity index (χ1) is 7.34. The predicted molar refractivity (Wildman–Crippen MR) is 66.9 cm³/mol. The quantitative estimate of drug-likeness (QED) is 0.879. The molecule has 0 bridgehead atoms. The number of hydrogen-bond acceptors (Lipinski definition) is 2. The van der Waals surface area contributed by atoms with E-state index in [0.717, 1.165) is 17.6 Å². The fourth-order valence-electron chi connectivity index (χ4n) is 1.89. The molecule has 1 aliphatic heterocycles. The Morgan fingerprint density at radius 2 is 2.13 bits per heavy atom. The second-order valence-corrected chi connectivity index (χ2v) is 4.97. The van der Waals surface area contributed by atoms with Crippen LogP contribution in [0.25, 0.3) is 0 Å². The molecule has 0 radical (unpaired) electrons. The number of hydrogen-bond donors (Lipinski definition) is 2. The van der Waals surface area contributed by atoms with Gasteiger partial charge in [-0.3, -0.25) is 0 Å². The van der Waals surface area contributed by atoms with E-state index in [0.29, 0.717) is 6.04 Å². The van der Waals surface area contributed by atoms with Gasteiger partial charge in [0, 0.05) is 23.6 Å². The summed E-state index contributed by atoms with van der Waals surface area (Å²) in [6, 6.07) is 9.15. The summed E-state index contributed by atoms with van der Waals surface area (Å²) in [6.45, 7) is 3.26. The SMILES string of the molecule is Brc1ccc(CNC2CCCNC2)cc1. The van der Waals surface area contributed by atoms with Gasteiger partial charge in [-0.2, -0.15) is 0 Å². The Morgan fingerprint density at radius 3 is 2.80 bits per heavy atom. The van der Waals surface area contributed by atoms with Gasteiger partial charge in [0.2, 0.25) is 0 Å². The number of rotatable bonds is 3. The Kier molecular flexibility index (Phi) is 4.18. The third-order valence-electron chi connectivity index (χ3n) is 2.80. The van der Waals surface area contributed by atoms with Crippen LogP contribution < -0.4 is 10.6 Å². The minimum atomic E-state index is 0.641. The highest BCUT2D eigenvalue weighted by atomic mass is 79.9. The maximum atomic E-state index is 3.58. The topological polar surface area (TPSA) is 24.1 Å². The fraction of sp³-hybridized carbons (Fsp3) is 0.500. The molecule has 0 saturated carbocycles. The van der Waals surface area contributed by atoms with Gasteiger partial charge in [-0.05, 0) is 37.1 Å². The average Bonchev–Trinajstić information content (AvgIpc) is 2.30. The molecule has 1 aromatic carbocycles. The average molecular weight is 269 g/mol. The van der Waals surface area contributed by atoms with Crippen molar-refractivity contribution in [3.63, 3.8) is 0 Å². The largest absolute Gasteiger partial charge is 0.315 e. The second kappa shape index (κ2) is 5.64. The molecule has 15 heavy (non-hydrogen) atoms. The molecule has 1 aliphatic rings. The lowest BCUT2D eigenvalue weighted by Gasteiger charge is -2.23. The van der Waals surface area contributed by atoms with Crippen molar-refractivity contribution in [3.8, 4) is 0 Å². The van der Waals surface area contributed by atoms with Crippen molar-refractivity contribution < 1.29 is 0 Å². The molecule has 0 spiro atoms. The van der Waals surface area contributed by atoms with Crippen molar-refractivity contribution in [1.29, 1.82) is 0 Å². The molecule has 3 heteroatoms. The smallest absolute Gasteiger partial charge is 0.0208 e. The molecule has 1 heterocycles. The summed E-state index contributed by atoms with van der Waals surface area (Å²) >= 11 is 3.44. The first-order valence-electron chi connectivity index (χ1n) is 5.53. The molecule has 1 atom stereocenters. The number of nitrogens with one attached hydrogen (secondary N) is 2. The molecule has 82 valence electrons. The number of benzene rings is 1. The van der Waals surface area contributed by atoms with Crippen LogP contribution in [-0.2, 0) is 6.54 Å². The van der Waals surface area contributed by atoms with Crippen molar-refractivity contribution in [3.05, 3.63) is 34.3 Å². The third kappa shape index (κ3) is 3.59. The minimum Gasteiger partial charge on any atom is -0.315 e. The normalized spacial score (nSPS) is 21.5. The first kappa shape index (κ1) is 11.1. The van der Waals surface area contributed by atoms with Gasteiger partial charge in [0.15, 0.2) is 0 Å². The molecule has 1 unspecified atom stereocenters. The Hall–Kier alpha value is -0.380. The molecule has 1 saturated heterocycles. The highest BCUT2D eigenvalue weighted by molar-refractivity contribution is 9.10. The summed E-state index contributed by atoms with van der Waals surface area (Å²) in [6.07, 6.45) is 2.58. The van der Waals surface area contributed by atoms with Crippen LogP contribution in [-0.4, -0.2) is 19.1 Å². The van der Waals surface area contributed by atoms with E-state index in [4.69, 9.17) is 0 Å². The zero-order valence-electron chi connectivity index (χ0n) is 8.80. The van der Waals surface area contributed by atoms with Crippen LogP contribution >= 0.6 is 15.9 Å². The molecular formula is C12H17BrN2. The number of halogens is 1. The molecule has 2 N–H and O–H groups in total. The Bertz CT molecular complexity index is 291. The van der Waals surface area contributed by atoms with E-state index in [1.165, 1.54) is 24.9 Å². The molecule has 1 aromatic rings. The van der Waals surface area contributed by atoms with Gasteiger partial charge in [-0.15, -0.1) is 0 Å². The molecule has 0 aliphatic carbocycles. The third-order valence-corrected chi connectivity index (χ3v) is 3.33. The van der Waals surface area contributed by atoms with E-state index in [9.17, 15) is 0 Å². The van der Waals surface area contributed by atoms with Gasteiger partial charge < -0.3 is 10.6 Å². The lowest BCUT2D eigenvalue weighted by Crippen LogP contribution is -2.42. The number of piperidine rings is 1. The Morgan fingerprint density at radius 1 is 1.33 bits per heavy atom. The molecule has 0 amide bonds. The maximum Gasteiger partial charge on any atom is 0.0208 e. The van der Waals surface area contributed by atoms with Gasteiger partial charge in [0.1, 0.15) is 0 Å². The lowest BCUT2D eigenvalue weighted by atomic mass is 10.1. The predicted octanol–water partition coefficient (Wildman–Crippen LogP) is 2.29. The fourth-order valence-corrected chi connectivity index (χ4v) is 2.15. The molecule has 0 aromatic heterocycles. The zero-order valence-corrected chi connectivity index (χ0v) is 10.4. The van der Waals surface area contributed by atoms with Crippen LogP contribution in [0, 0.1) is 0 Å². The van der Waals surface area contributed by atoms with E-state index in [1.54, 1.807) is 0 Å². The van der Waals surface area contributed by atoms with Crippen LogP contribution in [0.1, 0.15) is 18.4 Å². The van der Waals surface area contributed by atoms with Gasteiger partial charge >= 0.3 is 0 Å². The van der Waals surface area contributed by atoms with Crippen LogP contribution in [0.15, 0.2) is 28.7 Å². The van der Waals surface area contributed by atoms with E-state index in [-0.39, 0.29) is 0 Å². The van der Waals surface area contributed by atoms with E-state index in [2.05, 4.69) is 50.8 Å². The van der Waals surface area contributed by atoms with Gasteiger partial charge in [0.25, 0.3) is 0 Å². The van der Waals surface area contributed by atoms with Gasteiger partial charge in [0.05, 0.1) is 0 Å². The van der Waals surface area contributed by atoms with Crippen LogP contribution in [0.3, 0.4) is 0 Å². The molecule has 2 nitrogen and oxygen atoms in total. The van der Waals surface area contributed by atoms with Crippen molar-refractivity contribution in [2.24, 2.45) is 0 Å². The van der Waals surface area contributed by atoms with Gasteiger partial charge in [-0.1, -0.05) is 28.1 Å². The van der Waals surface area contributed by atoms with Crippen LogP contribution in [0.2, 0.25) is 0 Å². The van der Waals surface area contributed by atoms with Crippen LogP contribution in [0.5, 0.6) is 0 Å². The van der Waals surface area contributed by atoms with E-state index in [1.807, 2.05) is 0 Å². The first-order valence-corrected chi connectivity index (χ1v) is 6.32. The summed E-state index contributed by atoms with van der Waals surface area (Å²) in [4.78, 5) is 0. The maximum absolute atomic E-state index is 3.58.